The summed E-state index contributed by atoms with van der Waals surface area (Å²) in [6.45, 7) is 0. The minimum absolute atomic E-state index is 0.299. The molecule has 0 aromatic carbocycles. The van der Waals surface area contributed by atoms with Gasteiger partial charge in [0.2, 0.25) is 0 Å². The second-order valence-electron chi connectivity index (χ2n) is 4.42. The van der Waals surface area contributed by atoms with Gasteiger partial charge in [0.05, 0.1) is 7.11 Å². The van der Waals surface area contributed by atoms with Gasteiger partial charge in [-0.15, -0.1) is 0 Å². The topological polar surface area (TPSA) is 55.4 Å². The van der Waals surface area contributed by atoms with E-state index in [0.29, 0.717) is 6.04 Å². The third-order valence-corrected chi connectivity index (χ3v) is 3.02. The molecule has 1 aliphatic rings. The summed E-state index contributed by atoms with van der Waals surface area (Å²) >= 11 is 0. The molecule has 1 rings (SSSR count). The van der Waals surface area contributed by atoms with Crippen molar-refractivity contribution in [2.75, 3.05) is 7.11 Å². The molecule has 100 valence electrons. The number of nitrogens with one attached hydrogen (secondary N) is 1. The number of aldehydes is 1. The van der Waals surface area contributed by atoms with E-state index in [-0.39, 0.29) is 5.97 Å². The number of unbranched alkanes of at least 4 members (excludes halogenated alkanes) is 1. The highest BCUT2D eigenvalue weighted by atomic mass is 16.5. The minimum Gasteiger partial charge on any atom is -0.466 e. The summed E-state index contributed by atoms with van der Waals surface area (Å²) in [6.07, 6.45) is 12.0. The Morgan fingerprint density at radius 2 is 2.39 bits per heavy atom. The summed E-state index contributed by atoms with van der Waals surface area (Å²) in [5.41, 5.74) is 0.974. The van der Waals surface area contributed by atoms with Gasteiger partial charge in [0.15, 0.2) is 0 Å². The van der Waals surface area contributed by atoms with Crippen LogP contribution in [0.25, 0.3) is 0 Å². The van der Waals surface area contributed by atoms with E-state index in [1.807, 2.05) is 6.08 Å². The molecule has 18 heavy (non-hydrogen) atoms. The summed E-state index contributed by atoms with van der Waals surface area (Å²) in [4.78, 5) is 21.2. The molecule has 4 nitrogen and oxygen atoms in total. The number of esters is 1. The Hall–Kier alpha value is -1.58. The fraction of sp³-hybridized carbons (Fsp3) is 0.571. The van der Waals surface area contributed by atoms with Gasteiger partial charge in [-0.1, -0.05) is 6.08 Å². The Morgan fingerprint density at radius 1 is 1.56 bits per heavy atom. The molecule has 0 radical (unpaired) electrons. The first kappa shape index (κ1) is 14.5. The van der Waals surface area contributed by atoms with Crippen molar-refractivity contribution >= 4 is 12.3 Å². The van der Waals surface area contributed by atoms with Crippen LogP contribution in [-0.2, 0) is 14.3 Å². The molecule has 1 atom stereocenters. The maximum atomic E-state index is 11.1. The predicted octanol–water partition coefficient (Wildman–Crippen LogP) is 2.11. The SMILES string of the molecule is COC(=O)/C=C1\CCCC(CCC/C=C\C=O)N1. The maximum Gasteiger partial charge on any atom is 0.332 e. The molecule has 1 fully saturated rings. The van der Waals surface area contributed by atoms with Gasteiger partial charge in [0.1, 0.15) is 6.29 Å². The highest BCUT2D eigenvalue weighted by Crippen LogP contribution is 2.19. The Morgan fingerprint density at radius 3 is 3.11 bits per heavy atom. The van der Waals surface area contributed by atoms with E-state index in [2.05, 4.69) is 10.1 Å². The lowest BCUT2D eigenvalue weighted by Crippen LogP contribution is -2.32. The lowest BCUT2D eigenvalue weighted by molar-refractivity contribution is -0.134. The molecule has 0 aromatic rings. The van der Waals surface area contributed by atoms with E-state index < -0.39 is 0 Å². The number of hydrogen-bond acceptors (Lipinski definition) is 4. The van der Waals surface area contributed by atoms with Crippen molar-refractivity contribution in [3.05, 3.63) is 23.9 Å². The zero-order chi connectivity index (χ0) is 13.2. The molecule has 0 spiro atoms. The van der Waals surface area contributed by atoms with Gasteiger partial charge in [-0.2, -0.15) is 0 Å². The average molecular weight is 251 g/mol. The summed E-state index contributed by atoms with van der Waals surface area (Å²) in [7, 11) is 1.39. The van der Waals surface area contributed by atoms with Crippen LogP contribution < -0.4 is 5.32 Å². The molecule has 0 saturated carbocycles. The summed E-state index contributed by atoms with van der Waals surface area (Å²) in [5.74, 6) is -0.299. The molecular formula is C14H21NO3. The minimum atomic E-state index is -0.299. The lowest BCUT2D eigenvalue weighted by Gasteiger charge is -2.26. The normalized spacial score (nSPS) is 21.8. The zero-order valence-corrected chi connectivity index (χ0v) is 10.9. The highest BCUT2D eigenvalue weighted by Gasteiger charge is 2.16. The number of ether oxygens (including phenoxy) is 1. The summed E-state index contributed by atoms with van der Waals surface area (Å²) < 4.78 is 4.62. The molecule has 4 heteroatoms. The van der Waals surface area contributed by atoms with E-state index in [9.17, 15) is 9.59 Å². The third-order valence-electron chi connectivity index (χ3n) is 3.02. The Bertz CT molecular complexity index is 334. The lowest BCUT2D eigenvalue weighted by atomic mass is 9.97. The molecule has 0 aliphatic carbocycles. The van der Waals surface area contributed by atoms with Crippen LogP contribution in [0, 0.1) is 0 Å². The Labute approximate surface area is 108 Å². The molecule has 0 bridgehead atoms. The third kappa shape index (κ3) is 5.66. The van der Waals surface area contributed by atoms with E-state index in [1.54, 1.807) is 6.08 Å². The quantitative estimate of drug-likeness (QED) is 0.340. The fourth-order valence-electron chi connectivity index (χ4n) is 2.11. The second kappa shape index (κ2) is 8.50. The summed E-state index contributed by atoms with van der Waals surface area (Å²) in [5, 5.41) is 3.38. The van der Waals surface area contributed by atoms with Crippen molar-refractivity contribution in [3.63, 3.8) is 0 Å². The first-order valence-electron chi connectivity index (χ1n) is 6.41. The van der Waals surface area contributed by atoms with Gasteiger partial charge in [-0.3, -0.25) is 4.79 Å². The number of methoxy groups -OCH3 is 1. The monoisotopic (exact) mass is 251 g/mol. The molecule has 1 heterocycles. The molecule has 1 N–H and O–H groups in total. The van der Waals surface area contributed by atoms with Crippen LogP contribution >= 0.6 is 0 Å². The van der Waals surface area contributed by atoms with Crippen molar-refractivity contribution in [2.24, 2.45) is 0 Å². The molecule has 0 aromatic heterocycles. The molecule has 0 amide bonds. The Kier molecular flexibility index (Phi) is 6.84. The number of hydrogen-bond donors (Lipinski definition) is 1. The fourth-order valence-corrected chi connectivity index (χ4v) is 2.11. The number of carbonyl (C=O) groups excluding carboxylic acids is 2. The number of carbonyl (C=O) groups is 2. The van der Waals surface area contributed by atoms with Crippen molar-refractivity contribution in [3.8, 4) is 0 Å². The van der Waals surface area contributed by atoms with Crippen LogP contribution in [0.5, 0.6) is 0 Å². The van der Waals surface area contributed by atoms with Crippen LogP contribution in [0.15, 0.2) is 23.9 Å². The van der Waals surface area contributed by atoms with E-state index in [1.165, 1.54) is 13.2 Å². The maximum absolute atomic E-state index is 11.1. The van der Waals surface area contributed by atoms with Crippen molar-refractivity contribution in [1.29, 1.82) is 0 Å². The highest BCUT2D eigenvalue weighted by molar-refractivity contribution is 5.82. The van der Waals surface area contributed by atoms with Crippen molar-refractivity contribution in [1.82, 2.24) is 5.32 Å². The van der Waals surface area contributed by atoms with Crippen LogP contribution in [0.3, 0.4) is 0 Å². The summed E-state index contributed by atoms with van der Waals surface area (Å²) in [6, 6.07) is 0.430. The van der Waals surface area contributed by atoms with Gasteiger partial charge >= 0.3 is 5.97 Å². The van der Waals surface area contributed by atoms with Crippen LogP contribution in [0.4, 0.5) is 0 Å². The molecule has 1 saturated heterocycles. The van der Waals surface area contributed by atoms with Crippen LogP contribution in [0.1, 0.15) is 38.5 Å². The number of piperidine rings is 1. The Balaban J connectivity index is 2.30. The first-order valence-corrected chi connectivity index (χ1v) is 6.41. The van der Waals surface area contributed by atoms with Crippen molar-refractivity contribution < 1.29 is 14.3 Å². The van der Waals surface area contributed by atoms with E-state index >= 15 is 0 Å². The molecule has 1 unspecified atom stereocenters. The van der Waals surface area contributed by atoms with E-state index in [0.717, 1.165) is 50.5 Å². The first-order chi connectivity index (χ1) is 8.76. The van der Waals surface area contributed by atoms with Gasteiger partial charge in [0.25, 0.3) is 0 Å². The van der Waals surface area contributed by atoms with Gasteiger partial charge < -0.3 is 10.1 Å². The van der Waals surface area contributed by atoms with Crippen LogP contribution in [0.2, 0.25) is 0 Å². The number of rotatable bonds is 6. The van der Waals surface area contributed by atoms with Gasteiger partial charge in [-0.05, 0) is 44.6 Å². The van der Waals surface area contributed by atoms with Gasteiger partial charge in [0, 0.05) is 17.8 Å². The van der Waals surface area contributed by atoms with Gasteiger partial charge in [-0.25, -0.2) is 4.79 Å². The molecule has 1 aliphatic heterocycles. The smallest absolute Gasteiger partial charge is 0.332 e. The second-order valence-corrected chi connectivity index (χ2v) is 4.42. The zero-order valence-electron chi connectivity index (χ0n) is 10.9. The average Bonchev–Trinajstić information content (AvgIpc) is 2.39. The predicted molar refractivity (Wildman–Crippen MR) is 69.9 cm³/mol. The van der Waals surface area contributed by atoms with E-state index in [4.69, 9.17) is 0 Å². The molecular weight excluding hydrogens is 230 g/mol. The van der Waals surface area contributed by atoms with Crippen LogP contribution in [-0.4, -0.2) is 25.4 Å². The van der Waals surface area contributed by atoms with Crippen molar-refractivity contribution in [2.45, 2.75) is 44.6 Å². The standard InChI is InChI=1S/C14H21NO3/c1-18-14(17)11-13-9-6-8-12(15-13)7-4-2-3-5-10-16/h3,5,10-12,15H,2,4,6-9H2,1H3/b5-3-,13-11+. The number of allylic oxidation sites excluding steroid dienone is 3. The largest absolute Gasteiger partial charge is 0.466 e.